The number of rotatable bonds is 2. The standard InChI is InChI=1S/C8H15N2O/c1-7(2)6-10-5-3-4-9-8(10)11/h7H,3-6H2,1-2H3. The lowest BCUT2D eigenvalue weighted by molar-refractivity contribution is 0.177. The quantitative estimate of drug-likeness (QED) is 0.587. The Bertz CT molecular complexity index is 145. The van der Waals surface area contributed by atoms with E-state index in [1.54, 1.807) is 0 Å². The first-order valence-corrected chi connectivity index (χ1v) is 4.16. The third kappa shape index (κ3) is 2.41. The Morgan fingerprint density at radius 1 is 1.64 bits per heavy atom. The molecule has 1 rings (SSSR count). The maximum absolute atomic E-state index is 11.1. The van der Waals surface area contributed by atoms with Gasteiger partial charge in [0, 0.05) is 19.6 Å². The van der Waals surface area contributed by atoms with Crippen LogP contribution in [0, 0.1) is 5.92 Å². The molecule has 0 aromatic rings. The van der Waals surface area contributed by atoms with E-state index in [1.807, 2.05) is 4.90 Å². The van der Waals surface area contributed by atoms with Gasteiger partial charge in [0.2, 0.25) is 0 Å². The van der Waals surface area contributed by atoms with E-state index in [4.69, 9.17) is 0 Å². The summed E-state index contributed by atoms with van der Waals surface area (Å²) in [5, 5.41) is 3.85. The lowest BCUT2D eigenvalue weighted by Crippen LogP contribution is -2.44. The van der Waals surface area contributed by atoms with Crippen LogP contribution in [0.1, 0.15) is 20.3 Å². The minimum Gasteiger partial charge on any atom is -0.323 e. The summed E-state index contributed by atoms with van der Waals surface area (Å²) >= 11 is 0. The van der Waals surface area contributed by atoms with Crippen LogP contribution in [0.4, 0.5) is 4.79 Å². The highest BCUT2D eigenvalue weighted by atomic mass is 16.2. The van der Waals surface area contributed by atoms with Crippen LogP contribution in [0.15, 0.2) is 0 Å². The predicted molar refractivity (Wildman–Crippen MR) is 43.4 cm³/mol. The fourth-order valence-corrected chi connectivity index (χ4v) is 1.24. The molecule has 0 unspecified atom stereocenters. The molecule has 0 saturated carbocycles. The topological polar surface area (TPSA) is 34.4 Å². The second kappa shape index (κ2) is 3.60. The minimum atomic E-state index is -0.0232. The lowest BCUT2D eigenvalue weighted by atomic mass is 10.2. The zero-order chi connectivity index (χ0) is 8.27. The molecule has 0 aromatic heterocycles. The Labute approximate surface area is 67.8 Å². The van der Waals surface area contributed by atoms with Crippen molar-refractivity contribution < 1.29 is 4.79 Å². The minimum absolute atomic E-state index is 0.0232. The molecule has 1 heterocycles. The van der Waals surface area contributed by atoms with Crippen LogP contribution in [0.25, 0.3) is 0 Å². The SMILES string of the molecule is CC(C)CN1CCC[N]C1=O. The van der Waals surface area contributed by atoms with Gasteiger partial charge in [-0.1, -0.05) is 13.8 Å². The van der Waals surface area contributed by atoms with E-state index in [0.717, 1.165) is 19.5 Å². The number of nitrogens with zero attached hydrogens (tertiary/aromatic N) is 2. The zero-order valence-corrected chi connectivity index (χ0v) is 7.21. The Balaban J connectivity index is 2.36. The summed E-state index contributed by atoms with van der Waals surface area (Å²) in [6.07, 6.45) is 1.03. The number of hydrogen-bond acceptors (Lipinski definition) is 1. The molecule has 3 heteroatoms. The molecule has 0 spiro atoms. The fraction of sp³-hybridized carbons (Fsp3) is 0.875. The third-order valence-electron chi connectivity index (χ3n) is 1.69. The Hall–Kier alpha value is -0.730. The van der Waals surface area contributed by atoms with E-state index >= 15 is 0 Å². The highest BCUT2D eigenvalue weighted by molar-refractivity contribution is 5.74. The zero-order valence-electron chi connectivity index (χ0n) is 7.21. The predicted octanol–water partition coefficient (Wildman–Crippen LogP) is 1.07. The van der Waals surface area contributed by atoms with Crippen LogP contribution in [-0.4, -0.2) is 30.6 Å². The van der Waals surface area contributed by atoms with Gasteiger partial charge in [0.1, 0.15) is 0 Å². The molecule has 0 N–H and O–H groups in total. The van der Waals surface area contributed by atoms with Gasteiger partial charge in [0.25, 0.3) is 0 Å². The highest BCUT2D eigenvalue weighted by Crippen LogP contribution is 2.04. The summed E-state index contributed by atoms with van der Waals surface area (Å²) in [5.41, 5.74) is 0. The molecule has 0 atom stereocenters. The second-order valence-corrected chi connectivity index (χ2v) is 3.36. The van der Waals surface area contributed by atoms with Crippen molar-refractivity contribution >= 4 is 6.03 Å². The molecule has 11 heavy (non-hydrogen) atoms. The maximum atomic E-state index is 11.1. The van der Waals surface area contributed by atoms with Gasteiger partial charge in [-0.05, 0) is 12.3 Å². The van der Waals surface area contributed by atoms with E-state index in [0.29, 0.717) is 12.5 Å². The Morgan fingerprint density at radius 2 is 2.36 bits per heavy atom. The van der Waals surface area contributed by atoms with Gasteiger partial charge in [-0.2, -0.15) is 0 Å². The van der Waals surface area contributed by atoms with Gasteiger partial charge >= 0.3 is 6.03 Å². The molecular formula is C8H15N2O. The summed E-state index contributed by atoms with van der Waals surface area (Å²) < 4.78 is 0. The highest BCUT2D eigenvalue weighted by Gasteiger charge is 2.18. The van der Waals surface area contributed by atoms with Crippen molar-refractivity contribution in [2.45, 2.75) is 20.3 Å². The first kappa shape index (κ1) is 8.37. The van der Waals surface area contributed by atoms with E-state index in [2.05, 4.69) is 19.2 Å². The average molecular weight is 155 g/mol. The molecule has 0 aromatic carbocycles. The molecule has 2 amide bonds. The molecular weight excluding hydrogens is 140 g/mol. The normalized spacial score (nSPS) is 18.8. The molecule has 0 aliphatic carbocycles. The number of amides is 2. The van der Waals surface area contributed by atoms with Crippen molar-refractivity contribution in [3.8, 4) is 0 Å². The molecule has 1 aliphatic heterocycles. The lowest BCUT2D eigenvalue weighted by Gasteiger charge is -2.27. The van der Waals surface area contributed by atoms with Gasteiger partial charge in [0.05, 0.1) is 0 Å². The van der Waals surface area contributed by atoms with Crippen LogP contribution in [-0.2, 0) is 0 Å². The number of carbonyl (C=O) groups excluding carboxylic acids is 1. The van der Waals surface area contributed by atoms with Crippen LogP contribution >= 0.6 is 0 Å². The summed E-state index contributed by atoms with van der Waals surface area (Å²) in [6.45, 7) is 6.68. The van der Waals surface area contributed by atoms with Crippen LogP contribution < -0.4 is 5.32 Å². The molecule has 1 aliphatic rings. The van der Waals surface area contributed by atoms with Crippen molar-refractivity contribution in [3.63, 3.8) is 0 Å². The fourth-order valence-electron chi connectivity index (χ4n) is 1.24. The summed E-state index contributed by atoms with van der Waals surface area (Å²) in [7, 11) is 0. The summed E-state index contributed by atoms with van der Waals surface area (Å²) in [4.78, 5) is 12.9. The Kier molecular flexibility index (Phi) is 2.74. The van der Waals surface area contributed by atoms with Gasteiger partial charge in [-0.25, -0.2) is 10.1 Å². The Morgan fingerprint density at radius 3 is 2.91 bits per heavy atom. The van der Waals surface area contributed by atoms with Gasteiger partial charge in [-0.3, -0.25) is 0 Å². The van der Waals surface area contributed by atoms with Gasteiger partial charge in [-0.15, -0.1) is 0 Å². The average Bonchev–Trinajstić information content (AvgIpc) is 1.93. The number of urea groups is 1. The number of hydrogen-bond donors (Lipinski definition) is 0. The third-order valence-corrected chi connectivity index (χ3v) is 1.69. The molecule has 0 bridgehead atoms. The molecule has 1 fully saturated rings. The summed E-state index contributed by atoms with van der Waals surface area (Å²) in [6, 6.07) is -0.0232. The first-order chi connectivity index (χ1) is 5.20. The van der Waals surface area contributed by atoms with Crippen LogP contribution in [0.3, 0.4) is 0 Å². The molecule has 1 saturated heterocycles. The molecule has 63 valence electrons. The van der Waals surface area contributed by atoms with E-state index in [1.165, 1.54) is 0 Å². The first-order valence-electron chi connectivity index (χ1n) is 4.16. The maximum Gasteiger partial charge on any atom is 0.338 e. The number of carbonyl (C=O) groups is 1. The van der Waals surface area contributed by atoms with E-state index in [9.17, 15) is 4.79 Å². The smallest absolute Gasteiger partial charge is 0.323 e. The van der Waals surface area contributed by atoms with E-state index < -0.39 is 0 Å². The van der Waals surface area contributed by atoms with Gasteiger partial charge in [0.15, 0.2) is 0 Å². The second-order valence-electron chi connectivity index (χ2n) is 3.36. The summed E-state index contributed by atoms with van der Waals surface area (Å²) in [5.74, 6) is 0.548. The van der Waals surface area contributed by atoms with Crippen LogP contribution in [0.5, 0.6) is 0 Å². The van der Waals surface area contributed by atoms with Crippen molar-refractivity contribution in [2.24, 2.45) is 5.92 Å². The van der Waals surface area contributed by atoms with Crippen molar-refractivity contribution in [1.29, 1.82) is 0 Å². The van der Waals surface area contributed by atoms with Crippen molar-refractivity contribution in [1.82, 2.24) is 10.2 Å². The van der Waals surface area contributed by atoms with Crippen LogP contribution in [0.2, 0.25) is 0 Å². The van der Waals surface area contributed by atoms with Crippen molar-refractivity contribution in [3.05, 3.63) is 0 Å². The monoisotopic (exact) mass is 155 g/mol. The van der Waals surface area contributed by atoms with Crippen molar-refractivity contribution in [2.75, 3.05) is 19.6 Å². The molecule has 1 radical (unpaired) electrons. The van der Waals surface area contributed by atoms with Gasteiger partial charge < -0.3 is 4.90 Å². The largest absolute Gasteiger partial charge is 0.338 e. The molecule has 3 nitrogen and oxygen atoms in total. The van der Waals surface area contributed by atoms with E-state index in [-0.39, 0.29) is 6.03 Å².